The van der Waals surface area contributed by atoms with Crippen molar-refractivity contribution in [2.75, 3.05) is 0 Å². The first-order valence-corrected chi connectivity index (χ1v) is 6.90. The normalized spacial score (nSPS) is 11.9. The van der Waals surface area contributed by atoms with Crippen LogP contribution in [0.2, 0.25) is 0 Å². The van der Waals surface area contributed by atoms with E-state index in [-0.39, 0.29) is 0 Å². The molecule has 0 bridgehead atoms. The lowest BCUT2D eigenvalue weighted by molar-refractivity contribution is 0.737. The van der Waals surface area contributed by atoms with Gasteiger partial charge in [-0.3, -0.25) is 0 Å². The Labute approximate surface area is 113 Å². The molecule has 0 heterocycles. The number of hydrogen-bond acceptors (Lipinski definition) is 0. The lowest BCUT2D eigenvalue weighted by Crippen LogP contribution is -1.83. The van der Waals surface area contributed by atoms with Gasteiger partial charge in [-0.25, -0.2) is 0 Å². The molecule has 1 aromatic rings. The summed E-state index contributed by atoms with van der Waals surface area (Å²) in [6.45, 7) is 10.9. The predicted molar refractivity (Wildman–Crippen MR) is 83.9 cm³/mol. The second kappa shape index (κ2) is 10.8. The van der Waals surface area contributed by atoms with Gasteiger partial charge in [-0.2, -0.15) is 0 Å². The Bertz CT molecular complexity index is 316. The predicted octanol–water partition coefficient (Wildman–Crippen LogP) is 5.97. The topological polar surface area (TPSA) is 0 Å². The van der Waals surface area contributed by atoms with Crippen molar-refractivity contribution in [1.29, 1.82) is 0 Å². The maximum absolute atomic E-state index is 2.20. The van der Waals surface area contributed by atoms with E-state index in [0.717, 1.165) is 12.3 Å². The van der Waals surface area contributed by atoms with Crippen LogP contribution in [0.25, 0.3) is 0 Å². The maximum atomic E-state index is 2.20. The molecule has 0 aliphatic heterocycles. The summed E-state index contributed by atoms with van der Waals surface area (Å²) in [5.74, 6) is 1.49. The van der Waals surface area contributed by atoms with Crippen LogP contribution in [0.1, 0.15) is 52.5 Å². The summed E-state index contributed by atoms with van der Waals surface area (Å²) in [7, 11) is 0. The summed E-state index contributed by atoms with van der Waals surface area (Å²) in [4.78, 5) is 0. The van der Waals surface area contributed by atoms with Gasteiger partial charge >= 0.3 is 0 Å². The highest BCUT2D eigenvalue weighted by Gasteiger charge is 1.93. The monoisotopic (exact) mass is 244 g/mol. The average Bonchev–Trinajstić information content (AvgIpc) is 2.88. The van der Waals surface area contributed by atoms with Crippen LogP contribution in [-0.4, -0.2) is 0 Å². The van der Waals surface area contributed by atoms with Crippen molar-refractivity contribution in [2.45, 2.75) is 47.0 Å². The Hall–Kier alpha value is -1.30. The number of allylic oxidation sites excluding steroid dienone is 4. The molecule has 0 N–H and O–H groups in total. The molecule has 1 aliphatic carbocycles. The number of rotatable bonds is 1. The fraction of sp³-hybridized carbons (Fsp3) is 0.444. The van der Waals surface area contributed by atoms with Gasteiger partial charge in [-0.1, -0.05) is 89.3 Å². The first-order valence-electron chi connectivity index (χ1n) is 6.90. The molecule has 0 aromatic heterocycles. The Balaban J connectivity index is 0.000000272. The van der Waals surface area contributed by atoms with Crippen LogP contribution in [-0.2, 0) is 0 Å². The minimum atomic E-state index is 0.659. The molecule has 0 spiro atoms. The Morgan fingerprint density at radius 1 is 0.778 bits per heavy atom. The fourth-order valence-corrected chi connectivity index (χ4v) is 1.23. The van der Waals surface area contributed by atoms with Crippen LogP contribution < -0.4 is 0 Å². The number of benzene rings is 1. The van der Waals surface area contributed by atoms with Gasteiger partial charge in [0.1, 0.15) is 0 Å². The molecule has 100 valence electrons. The van der Waals surface area contributed by atoms with E-state index in [1.54, 1.807) is 0 Å². The average molecular weight is 244 g/mol. The van der Waals surface area contributed by atoms with Gasteiger partial charge in [-0.15, -0.1) is 0 Å². The van der Waals surface area contributed by atoms with E-state index in [9.17, 15) is 0 Å². The van der Waals surface area contributed by atoms with Gasteiger partial charge in [0.25, 0.3) is 0 Å². The molecular weight excluding hydrogens is 216 g/mol. The zero-order valence-electron chi connectivity index (χ0n) is 12.6. The third-order valence-corrected chi connectivity index (χ3v) is 2.12. The molecule has 0 heteroatoms. The molecular formula is C18H28. The lowest BCUT2D eigenvalue weighted by atomic mass is 10.0. The van der Waals surface area contributed by atoms with Crippen LogP contribution >= 0.6 is 0 Å². The highest BCUT2D eigenvalue weighted by atomic mass is 14.0. The minimum Gasteiger partial charge on any atom is -0.0808 e. The maximum Gasteiger partial charge on any atom is -0.0163 e. The molecule has 0 saturated heterocycles. The van der Waals surface area contributed by atoms with Crippen LogP contribution in [0.3, 0.4) is 0 Å². The molecule has 18 heavy (non-hydrogen) atoms. The molecule has 1 aromatic carbocycles. The molecule has 0 fully saturated rings. The van der Waals surface area contributed by atoms with Gasteiger partial charge in [0, 0.05) is 0 Å². The highest BCUT2D eigenvalue weighted by molar-refractivity contribution is 5.17. The van der Waals surface area contributed by atoms with Gasteiger partial charge < -0.3 is 0 Å². The largest absolute Gasteiger partial charge is 0.0808 e. The fourth-order valence-electron chi connectivity index (χ4n) is 1.23. The first-order chi connectivity index (χ1) is 8.54. The lowest BCUT2D eigenvalue weighted by Gasteiger charge is -2.01. The van der Waals surface area contributed by atoms with Gasteiger partial charge in [-0.05, 0) is 23.8 Å². The van der Waals surface area contributed by atoms with Crippen molar-refractivity contribution in [2.24, 2.45) is 5.92 Å². The molecule has 0 atom stereocenters. The van der Waals surface area contributed by atoms with E-state index in [1.807, 2.05) is 6.07 Å². The van der Waals surface area contributed by atoms with Crippen molar-refractivity contribution in [3.05, 3.63) is 60.2 Å². The van der Waals surface area contributed by atoms with Crippen molar-refractivity contribution in [1.82, 2.24) is 0 Å². The van der Waals surface area contributed by atoms with E-state index in [1.165, 1.54) is 5.56 Å². The van der Waals surface area contributed by atoms with Gasteiger partial charge in [0.05, 0.1) is 0 Å². The third kappa shape index (κ3) is 11.2. The number of hydrogen-bond donors (Lipinski definition) is 0. The zero-order valence-corrected chi connectivity index (χ0v) is 12.6. The molecule has 2 rings (SSSR count). The second-order valence-corrected chi connectivity index (χ2v) is 5.39. The summed E-state index contributed by atoms with van der Waals surface area (Å²) in [6, 6.07) is 10.5. The van der Waals surface area contributed by atoms with Crippen LogP contribution in [0.15, 0.2) is 54.6 Å². The summed E-state index contributed by atoms with van der Waals surface area (Å²) in [5, 5.41) is 0. The van der Waals surface area contributed by atoms with Gasteiger partial charge in [0.2, 0.25) is 0 Å². The van der Waals surface area contributed by atoms with E-state index >= 15 is 0 Å². The minimum absolute atomic E-state index is 0.659. The smallest absolute Gasteiger partial charge is 0.0163 e. The Morgan fingerprint density at radius 2 is 1.22 bits per heavy atom. The van der Waals surface area contributed by atoms with Gasteiger partial charge in [0.15, 0.2) is 0 Å². The van der Waals surface area contributed by atoms with Crippen LogP contribution in [0.5, 0.6) is 0 Å². The van der Waals surface area contributed by atoms with Crippen molar-refractivity contribution < 1.29 is 0 Å². The third-order valence-electron chi connectivity index (χ3n) is 2.12. The Morgan fingerprint density at radius 3 is 1.44 bits per heavy atom. The molecule has 0 saturated carbocycles. The van der Waals surface area contributed by atoms with E-state index in [2.05, 4.69) is 83.2 Å². The van der Waals surface area contributed by atoms with Crippen LogP contribution in [0, 0.1) is 5.92 Å². The first kappa shape index (κ1) is 16.7. The SMILES string of the molecule is C1=CCC=C1.CC(C)C.CC(C)c1ccccc1. The molecule has 0 unspecified atom stereocenters. The zero-order chi connectivity index (χ0) is 13.8. The summed E-state index contributed by atoms with van der Waals surface area (Å²) >= 11 is 0. The highest BCUT2D eigenvalue weighted by Crippen LogP contribution is 2.11. The molecule has 0 radical (unpaired) electrons. The molecule has 0 amide bonds. The second-order valence-electron chi connectivity index (χ2n) is 5.39. The standard InChI is InChI=1S/C9H12.C5H6.C4H10/c1-8(2)9-6-4-3-5-7-9;1-2-4-5-3-1;1-4(2)3/h3-8H,1-2H3;1-4H,5H2;4H,1-3H3. The van der Waals surface area contributed by atoms with E-state index in [0.29, 0.717) is 5.92 Å². The summed E-state index contributed by atoms with van der Waals surface area (Å²) in [5.41, 5.74) is 1.41. The van der Waals surface area contributed by atoms with Crippen molar-refractivity contribution in [3.63, 3.8) is 0 Å². The van der Waals surface area contributed by atoms with Crippen molar-refractivity contribution in [3.8, 4) is 0 Å². The Kier molecular flexibility index (Phi) is 10.0. The van der Waals surface area contributed by atoms with Crippen LogP contribution in [0.4, 0.5) is 0 Å². The summed E-state index contributed by atoms with van der Waals surface area (Å²) < 4.78 is 0. The molecule has 1 aliphatic rings. The van der Waals surface area contributed by atoms with Crippen molar-refractivity contribution >= 4 is 0 Å². The van der Waals surface area contributed by atoms with E-state index in [4.69, 9.17) is 0 Å². The van der Waals surface area contributed by atoms with E-state index < -0.39 is 0 Å². The summed E-state index contributed by atoms with van der Waals surface area (Å²) in [6.07, 6.45) is 9.50. The molecule has 0 nitrogen and oxygen atoms in total. The quantitative estimate of drug-likeness (QED) is 0.570.